The minimum atomic E-state index is -1.14. The van der Waals surface area contributed by atoms with Crippen molar-refractivity contribution in [3.8, 4) is 5.75 Å². The first-order valence-electron chi connectivity index (χ1n) is 6.59. The molecular formula is C14H17ClN2O4. The smallest absolute Gasteiger partial charge is 0.339 e. The van der Waals surface area contributed by atoms with E-state index in [0.29, 0.717) is 5.69 Å². The van der Waals surface area contributed by atoms with Crippen LogP contribution in [0.25, 0.3) is 0 Å². The van der Waals surface area contributed by atoms with Crippen LogP contribution in [-0.2, 0) is 4.79 Å². The van der Waals surface area contributed by atoms with E-state index < -0.39 is 5.97 Å². The van der Waals surface area contributed by atoms with Gasteiger partial charge in [0.25, 0.3) is 0 Å². The van der Waals surface area contributed by atoms with E-state index in [0.717, 1.165) is 13.0 Å². The summed E-state index contributed by atoms with van der Waals surface area (Å²) in [7, 11) is 1.37. The number of amides is 1. The summed E-state index contributed by atoms with van der Waals surface area (Å²) in [5.74, 6) is -1.26. The van der Waals surface area contributed by atoms with Gasteiger partial charge in [0.15, 0.2) is 0 Å². The van der Waals surface area contributed by atoms with Gasteiger partial charge >= 0.3 is 5.97 Å². The van der Waals surface area contributed by atoms with Crippen molar-refractivity contribution >= 4 is 29.2 Å². The van der Waals surface area contributed by atoms with Gasteiger partial charge in [-0.1, -0.05) is 11.6 Å². The minimum absolute atomic E-state index is 0.0450. The topological polar surface area (TPSA) is 87.7 Å². The molecule has 2 rings (SSSR count). The standard InChI is InChI=1S/C14H17ClN2O4/c1-7-8(3-4-16-7)13(18)17-11-6-12(21-2)9(14(19)20)5-10(11)15/h5-8,16H,3-4H2,1-2H3,(H,17,18)(H,19,20). The largest absolute Gasteiger partial charge is 0.496 e. The number of carbonyl (C=O) groups is 2. The van der Waals surface area contributed by atoms with Gasteiger partial charge in [-0.05, 0) is 26.0 Å². The molecule has 1 fully saturated rings. The van der Waals surface area contributed by atoms with Crippen LogP contribution in [0, 0.1) is 5.92 Å². The molecule has 2 unspecified atom stereocenters. The summed E-state index contributed by atoms with van der Waals surface area (Å²) in [5, 5.41) is 15.2. The molecule has 0 aromatic heterocycles. The van der Waals surface area contributed by atoms with Gasteiger partial charge < -0.3 is 20.5 Å². The zero-order valence-electron chi connectivity index (χ0n) is 11.8. The molecule has 1 aromatic carbocycles. The van der Waals surface area contributed by atoms with Crippen molar-refractivity contribution in [2.75, 3.05) is 19.0 Å². The monoisotopic (exact) mass is 312 g/mol. The average molecular weight is 313 g/mol. The second kappa shape index (κ2) is 6.32. The molecule has 0 saturated carbocycles. The molecule has 6 nitrogen and oxygen atoms in total. The van der Waals surface area contributed by atoms with Crippen LogP contribution in [0.15, 0.2) is 12.1 Å². The number of carbonyl (C=O) groups excluding carboxylic acids is 1. The number of ether oxygens (including phenoxy) is 1. The second-order valence-corrected chi connectivity index (χ2v) is 5.37. The number of benzene rings is 1. The van der Waals surface area contributed by atoms with Gasteiger partial charge in [-0.2, -0.15) is 0 Å². The van der Waals surface area contributed by atoms with Gasteiger partial charge in [0.2, 0.25) is 5.91 Å². The molecule has 7 heteroatoms. The minimum Gasteiger partial charge on any atom is -0.496 e. The normalized spacial score (nSPS) is 21.1. The van der Waals surface area contributed by atoms with Gasteiger partial charge in [-0.15, -0.1) is 0 Å². The third kappa shape index (κ3) is 3.28. The molecule has 1 aromatic rings. The first kappa shape index (κ1) is 15.6. The molecule has 114 valence electrons. The summed E-state index contributed by atoms with van der Waals surface area (Å²) >= 11 is 6.04. The van der Waals surface area contributed by atoms with Gasteiger partial charge in [0.1, 0.15) is 11.3 Å². The Hall–Kier alpha value is -1.79. The van der Waals surface area contributed by atoms with Crippen LogP contribution >= 0.6 is 11.6 Å². The first-order valence-corrected chi connectivity index (χ1v) is 6.97. The zero-order valence-corrected chi connectivity index (χ0v) is 12.5. The molecule has 1 aliphatic rings. The number of carboxylic acid groups (broad SMARTS) is 1. The van der Waals surface area contributed by atoms with E-state index >= 15 is 0 Å². The Bertz CT molecular complexity index is 576. The van der Waals surface area contributed by atoms with Crippen molar-refractivity contribution in [2.45, 2.75) is 19.4 Å². The molecule has 1 aliphatic heterocycles. The molecule has 0 radical (unpaired) electrons. The Kier molecular flexibility index (Phi) is 4.69. The van der Waals surface area contributed by atoms with Crippen molar-refractivity contribution in [3.63, 3.8) is 0 Å². The van der Waals surface area contributed by atoms with Crippen LogP contribution in [0.1, 0.15) is 23.7 Å². The highest BCUT2D eigenvalue weighted by Crippen LogP contribution is 2.31. The van der Waals surface area contributed by atoms with Crippen molar-refractivity contribution < 1.29 is 19.4 Å². The summed E-state index contributed by atoms with van der Waals surface area (Å²) in [6, 6.07) is 2.80. The number of nitrogens with one attached hydrogen (secondary N) is 2. The third-order valence-electron chi connectivity index (χ3n) is 3.64. The first-order chi connectivity index (χ1) is 9.93. The lowest BCUT2D eigenvalue weighted by atomic mass is 10.0. The summed E-state index contributed by atoms with van der Waals surface area (Å²) in [4.78, 5) is 23.3. The number of methoxy groups -OCH3 is 1. The fourth-order valence-corrected chi connectivity index (χ4v) is 2.64. The predicted molar refractivity (Wildman–Crippen MR) is 79.2 cm³/mol. The molecule has 2 atom stereocenters. The van der Waals surface area contributed by atoms with Crippen LogP contribution in [0.3, 0.4) is 0 Å². The fourth-order valence-electron chi connectivity index (χ4n) is 2.43. The van der Waals surface area contributed by atoms with E-state index in [9.17, 15) is 9.59 Å². The summed E-state index contributed by atoms with van der Waals surface area (Å²) in [5.41, 5.74) is 0.305. The van der Waals surface area contributed by atoms with Gasteiger partial charge in [0.05, 0.1) is 23.7 Å². The van der Waals surface area contributed by atoms with E-state index in [1.165, 1.54) is 19.2 Å². The molecular weight excluding hydrogens is 296 g/mol. The van der Waals surface area contributed by atoms with Crippen molar-refractivity contribution in [1.29, 1.82) is 0 Å². The van der Waals surface area contributed by atoms with E-state index in [1.54, 1.807) is 0 Å². The maximum absolute atomic E-state index is 12.2. The Morgan fingerprint density at radius 2 is 2.19 bits per heavy atom. The maximum Gasteiger partial charge on any atom is 0.339 e. The predicted octanol–water partition coefficient (Wildman–Crippen LogP) is 1.98. The van der Waals surface area contributed by atoms with Crippen LogP contribution < -0.4 is 15.4 Å². The SMILES string of the molecule is COc1cc(NC(=O)C2CCNC2C)c(Cl)cc1C(=O)O. The Morgan fingerprint density at radius 1 is 1.48 bits per heavy atom. The van der Waals surface area contributed by atoms with Gasteiger partial charge in [0, 0.05) is 12.1 Å². The van der Waals surface area contributed by atoms with Crippen molar-refractivity contribution in [3.05, 3.63) is 22.7 Å². The number of anilines is 1. The number of carboxylic acids is 1. The fraction of sp³-hybridized carbons (Fsp3) is 0.429. The summed E-state index contributed by atoms with van der Waals surface area (Å²) in [6.45, 7) is 2.75. The van der Waals surface area contributed by atoms with Crippen LogP contribution in [-0.4, -0.2) is 36.7 Å². The molecule has 0 bridgehead atoms. The van der Waals surface area contributed by atoms with E-state index in [2.05, 4.69) is 10.6 Å². The number of rotatable bonds is 4. The van der Waals surface area contributed by atoms with Crippen molar-refractivity contribution in [1.82, 2.24) is 5.32 Å². The molecule has 1 heterocycles. The lowest BCUT2D eigenvalue weighted by Gasteiger charge is -2.16. The van der Waals surface area contributed by atoms with Gasteiger partial charge in [-0.3, -0.25) is 4.79 Å². The molecule has 0 spiro atoms. The van der Waals surface area contributed by atoms with E-state index in [-0.39, 0.29) is 34.2 Å². The molecule has 1 amide bonds. The lowest BCUT2D eigenvalue weighted by molar-refractivity contribution is -0.120. The van der Waals surface area contributed by atoms with Crippen LogP contribution in [0.5, 0.6) is 5.75 Å². The van der Waals surface area contributed by atoms with Crippen molar-refractivity contribution in [2.24, 2.45) is 5.92 Å². The Morgan fingerprint density at radius 3 is 2.71 bits per heavy atom. The molecule has 21 heavy (non-hydrogen) atoms. The molecule has 1 saturated heterocycles. The zero-order chi connectivity index (χ0) is 15.6. The number of hydrogen-bond acceptors (Lipinski definition) is 4. The van der Waals surface area contributed by atoms with Crippen LogP contribution in [0.4, 0.5) is 5.69 Å². The lowest BCUT2D eigenvalue weighted by Crippen LogP contribution is -2.32. The molecule has 0 aliphatic carbocycles. The van der Waals surface area contributed by atoms with Gasteiger partial charge in [-0.25, -0.2) is 4.79 Å². The average Bonchev–Trinajstić information content (AvgIpc) is 2.86. The highest BCUT2D eigenvalue weighted by Gasteiger charge is 2.30. The number of hydrogen-bond donors (Lipinski definition) is 3. The molecule has 3 N–H and O–H groups in total. The highest BCUT2D eigenvalue weighted by molar-refractivity contribution is 6.34. The van der Waals surface area contributed by atoms with E-state index in [1.807, 2.05) is 6.92 Å². The Labute approximate surface area is 127 Å². The maximum atomic E-state index is 12.2. The number of aromatic carboxylic acids is 1. The van der Waals surface area contributed by atoms with Crippen LogP contribution in [0.2, 0.25) is 5.02 Å². The summed E-state index contributed by atoms with van der Waals surface area (Å²) < 4.78 is 5.03. The number of halogens is 1. The highest BCUT2D eigenvalue weighted by atomic mass is 35.5. The third-order valence-corrected chi connectivity index (χ3v) is 3.95. The summed E-state index contributed by atoms with van der Waals surface area (Å²) in [6.07, 6.45) is 0.759. The quantitative estimate of drug-likeness (QED) is 0.791. The second-order valence-electron chi connectivity index (χ2n) is 4.96. The van der Waals surface area contributed by atoms with E-state index in [4.69, 9.17) is 21.4 Å². The Balaban J connectivity index is 2.24.